The number of rotatable bonds is 11. The molecule has 1 atom stereocenters. The van der Waals surface area contributed by atoms with Crippen LogP contribution in [0.2, 0.25) is 10.0 Å². The Balaban J connectivity index is 2.03. The molecule has 7 nitrogen and oxygen atoms in total. The number of anilines is 1. The maximum atomic E-state index is 13.9. The number of carbonyl (C=O) groups excluding carboxylic acids is 2. The Morgan fingerprint density at radius 1 is 0.868 bits per heavy atom. The number of hydrogen-bond acceptors (Lipinski definition) is 4. The van der Waals surface area contributed by atoms with Crippen LogP contribution in [0.15, 0.2) is 83.8 Å². The van der Waals surface area contributed by atoms with E-state index in [4.69, 9.17) is 23.2 Å². The molecule has 0 heterocycles. The van der Waals surface area contributed by atoms with Gasteiger partial charge in [0, 0.05) is 22.6 Å². The van der Waals surface area contributed by atoms with Gasteiger partial charge in [0.15, 0.2) is 0 Å². The van der Waals surface area contributed by atoms with Gasteiger partial charge in [-0.05, 0) is 74.4 Å². The van der Waals surface area contributed by atoms with Crippen LogP contribution in [-0.4, -0.2) is 43.8 Å². The number of halogens is 2. The third-order valence-corrected chi connectivity index (χ3v) is 8.10. The molecule has 0 bridgehead atoms. The molecule has 0 unspecified atom stereocenters. The lowest BCUT2D eigenvalue weighted by Crippen LogP contribution is -2.53. The van der Waals surface area contributed by atoms with Gasteiger partial charge in [0.1, 0.15) is 12.6 Å². The molecule has 0 saturated heterocycles. The summed E-state index contributed by atoms with van der Waals surface area (Å²) in [6, 6.07) is 20.2. The molecule has 3 aromatic carbocycles. The van der Waals surface area contributed by atoms with Gasteiger partial charge in [0.05, 0.1) is 10.6 Å². The van der Waals surface area contributed by atoms with E-state index in [1.165, 1.54) is 29.2 Å². The fraction of sp³-hybridized carbons (Fsp3) is 0.286. The summed E-state index contributed by atoms with van der Waals surface area (Å²) in [6.07, 6.45) is 0.340. The maximum absolute atomic E-state index is 13.9. The van der Waals surface area contributed by atoms with Crippen LogP contribution in [0.25, 0.3) is 0 Å². The fourth-order valence-corrected chi connectivity index (χ4v) is 5.61. The van der Waals surface area contributed by atoms with E-state index < -0.39 is 28.5 Å². The molecule has 0 aromatic heterocycles. The summed E-state index contributed by atoms with van der Waals surface area (Å²) in [4.78, 5) is 28.4. The van der Waals surface area contributed by atoms with Gasteiger partial charge < -0.3 is 10.2 Å². The summed E-state index contributed by atoms with van der Waals surface area (Å²) >= 11 is 12.0. The van der Waals surface area contributed by atoms with Gasteiger partial charge in [-0.25, -0.2) is 8.42 Å². The number of hydrogen-bond donors (Lipinski definition) is 1. The number of carbonyl (C=O) groups is 2. The van der Waals surface area contributed by atoms with E-state index >= 15 is 0 Å². The highest BCUT2D eigenvalue weighted by atomic mass is 35.5. The molecule has 0 spiro atoms. The van der Waals surface area contributed by atoms with Crippen molar-refractivity contribution in [2.75, 3.05) is 10.8 Å². The van der Waals surface area contributed by atoms with Crippen molar-refractivity contribution in [1.29, 1.82) is 0 Å². The van der Waals surface area contributed by atoms with E-state index in [-0.39, 0.29) is 23.4 Å². The average Bonchev–Trinajstić information content (AvgIpc) is 2.88. The molecule has 0 radical (unpaired) electrons. The van der Waals surface area contributed by atoms with E-state index in [0.717, 1.165) is 9.87 Å². The van der Waals surface area contributed by atoms with Crippen LogP contribution in [0, 0.1) is 0 Å². The van der Waals surface area contributed by atoms with Gasteiger partial charge in [-0.2, -0.15) is 0 Å². The summed E-state index contributed by atoms with van der Waals surface area (Å²) in [5.74, 6) is -0.830. The molecule has 0 aliphatic heterocycles. The molecule has 0 aliphatic rings. The highest BCUT2D eigenvalue weighted by molar-refractivity contribution is 7.92. The number of sulfonamides is 1. The van der Waals surface area contributed by atoms with Gasteiger partial charge in [-0.15, -0.1) is 0 Å². The Morgan fingerprint density at radius 3 is 1.95 bits per heavy atom. The SMILES string of the molecule is CC[C@H](C(=O)NC(C)C)N(Cc1ccc(Cl)cc1)C(=O)CN(c1ccccc1)S(=O)(=O)c1ccc(Cl)cc1. The fourth-order valence-electron chi connectivity index (χ4n) is 3.94. The van der Waals surface area contributed by atoms with Gasteiger partial charge in [-0.1, -0.05) is 60.5 Å². The van der Waals surface area contributed by atoms with Crippen LogP contribution in [0.3, 0.4) is 0 Å². The van der Waals surface area contributed by atoms with E-state index in [9.17, 15) is 18.0 Å². The average molecular weight is 577 g/mol. The third-order valence-electron chi connectivity index (χ3n) is 5.81. The second-order valence-electron chi connectivity index (χ2n) is 9.04. The Labute approximate surface area is 234 Å². The molecular formula is C28H31Cl2N3O4S. The minimum absolute atomic E-state index is 0.00704. The first-order valence-electron chi connectivity index (χ1n) is 12.2. The monoisotopic (exact) mass is 575 g/mol. The van der Waals surface area contributed by atoms with Crippen molar-refractivity contribution in [2.45, 2.75) is 50.7 Å². The predicted octanol–water partition coefficient (Wildman–Crippen LogP) is 5.52. The lowest BCUT2D eigenvalue weighted by molar-refractivity contribution is -0.140. The summed E-state index contributed by atoms with van der Waals surface area (Å²) in [6.45, 7) is 5.08. The van der Waals surface area contributed by atoms with E-state index in [1.54, 1.807) is 54.6 Å². The van der Waals surface area contributed by atoms with Gasteiger partial charge >= 0.3 is 0 Å². The van der Waals surface area contributed by atoms with Gasteiger partial charge in [-0.3, -0.25) is 13.9 Å². The molecule has 2 amide bonds. The molecule has 3 aromatic rings. The Morgan fingerprint density at radius 2 is 1.42 bits per heavy atom. The van der Waals surface area contributed by atoms with Crippen molar-refractivity contribution < 1.29 is 18.0 Å². The second kappa shape index (κ2) is 13.1. The van der Waals surface area contributed by atoms with Crippen molar-refractivity contribution in [2.24, 2.45) is 0 Å². The first kappa shape index (κ1) is 29.5. The topological polar surface area (TPSA) is 86.8 Å². The van der Waals surface area contributed by atoms with Crippen LogP contribution < -0.4 is 9.62 Å². The summed E-state index contributed by atoms with van der Waals surface area (Å²) < 4.78 is 28.5. The van der Waals surface area contributed by atoms with Crippen molar-refractivity contribution >= 4 is 50.7 Å². The minimum Gasteiger partial charge on any atom is -0.352 e. The van der Waals surface area contributed by atoms with Crippen LogP contribution in [0.4, 0.5) is 5.69 Å². The van der Waals surface area contributed by atoms with Crippen molar-refractivity contribution in [1.82, 2.24) is 10.2 Å². The summed E-state index contributed by atoms with van der Waals surface area (Å²) in [5, 5.41) is 3.81. The molecule has 1 N–H and O–H groups in total. The minimum atomic E-state index is -4.14. The van der Waals surface area contributed by atoms with Crippen molar-refractivity contribution in [3.63, 3.8) is 0 Å². The van der Waals surface area contributed by atoms with Crippen LogP contribution in [0.1, 0.15) is 32.8 Å². The number of nitrogens with zero attached hydrogens (tertiary/aromatic N) is 2. The zero-order chi connectivity index (χ0) is 27.9. The molecule has 10 heteroatoms. The first-order valence-corrected chi connectivity index (χ1v) is 14.4. The van der Waals surface area contributed by atoms with Crippen molar-refractivity contribution in [3.05, 3.63) is 94.5 Å². The highest BCUT2D eigenvalue weighted by Crippen LogP contribution is 2.25. The lowest BCUT2D eigenvalue weighted by atomic mass is 10.1. The molecule has 0 aliphatic carbocycles. The third kappa shape index (κ3) is 7.49. The Hall–Kier alpha value is -3.07. The predicted molar refractivity (Wildman–Crippen MR) is 152 cm³/mol. The van der Waals surface area contributed by atoms with Crippen LogP contribution in [-0.2, 0) is 26.2 Å². The molecule has 3 rings (SSSR count). The quantitative estimate of drug-likeness (QED) is 0.326. The number of amides is 2. The first-order chi connectivity index (χ1) is 18.0. The second-order valence-corrected chi connectivity index (χ2v) is 11.8. The maximum Gasteiger partial charge on any atom is 0.264 e. The zero-order valence-corrected chi connectivity index (χ0v) is 23.8. The number of benzene rings is 3. The lowest BCUT2D eigenvalue weighted by Gasteiger charge is -2.33. The van der Waals surface area contributed by atoms with Crippen molar-refractivity contribution in [3.8, 4) is 0 Å². The van der Waals surface area contributed by atoms with E-state index in [1.807, 2.05) is 20.8 Å². The summed E-state index contributed by atoms with van der Waals surface area (Å²) in [5.41, 5.74) is 1.08. The number of nitrogens with one attached hydrogen (secondary N) is 1. The molecule has 38 heavy (non-hydrogen) atoms. The smallest absolute Gasteiger partial charge is 0.264 e. The van der Waals surface area contributed by atoms with Gasteiger partial charge in [0.2, 0.25) is 11.8 Å². The van der Waals surface area contributed by atoms with Gasteiger partial charge in [0.25, 0.3) is 10.0 Å². The van der Waals surface area contributed by atoms with Crippen LogP contribution >= 0.6 is 23.2 Å². The molecular weight excluding hydrogens is 545 g/mol. The van der Waals surface area contributed by atoms with E-state index in [2.05, 4.69) is 5.32 Å². The highest BCUT2D eigenvalue weighted by Gasteiger charge is 2.33. The standard InChI is InChI=1S/C28H31Cl2N3O4S/c1-4-26(28(35)31-20(2)3)32(18-21-10-12-22(29)13-11-21)27(34)19-33(24-8-6-5-7-9-24)38(36,37)25-16-14-23(30)15-17-25/h5-17,20,26H,4,18-19H2,1-3H3,(H,31,35)/t26-/m1/s1. The van der Waals surface area contributed by atoms with E-state index in [0.29, 0.717) is 22.2 Å². The normalized spacial score (nSPS) is 12.2. The van der Waals surface area contributed by atoms with Crippen LogP contribution in [0.5, 0.6) is 0 Å². The number of para-hydroxylation sites is 1. The largest absolute Gasteiger partial charge is 0.352 e. The zero-order valence-electron chi connectivity index (χ0n) is 21.5. The Kier molecular flexibility index (Phi) is 10.2. The molecule has 0 fully saturated rings. The summed E-state index contributed by atoms with van der Waals surface area (Å²) in [7, 11) is -4.14. The Bertz CT molecular complexity index is 1330. The molecule has 202 valence electrons. The molecule has 0 saturated carbocycles.